The van der Waals surface area contributed by atoms with Crippen molar-refractivity contribution in [3.63, 3.8) is 0 Å². The molecule has 1 aliphatic rings. The lowest BCUT2D eigenvalue weighted by atomic mass is 9.79. The molecular weight excluding hydrogens is 225 g/mol. The predicted octanol–water partition coefficient (Wildman–Crippen LogP) is 4.76. The van der Waals surface area contributed by atoms with Crippen molar-refractivity contribution in [3.8, 4) is 0 Å². The first-order valence-corrected chi connectivity index (χ1v) is 7.09. The Morgan fingerprint density at radius 1 is 1.28 bits per heavy atom. The number of rotatable bonds is 3. The summed E-state index contributed by atoms with van der Waals surface area (Å²) in [7, 11) is 0. The molecule has 0 heterocycles. The third-order valence-corrected chi connectivity index (χ3v) is 4.22. The van der Waals surface area contributed by atoms with Gasteiger partial charge in [0.2, 0.25) is 0 Å². The molecule has 2 unspecified atom stereocenters. The van der Waals surface area contributed by atoms with Crippen LogP contribution in [0.25, 0.3) is 0 Å². The molecule has 0 aromatic heterocycles. The Labute approximate surface area is 110 Å². The molecule has 18 heavy (non-hydrogen) atoms. The normalized spacial score (nSPS) is 24.3. The van der Waals surface area contributed by atoms with Crippen molar-refractivity contribution in [2.75, 3.05) is 5.32 Å². The van der Waals surface area contributed by atoms with Crippen molar-refractivity contribution in [3.05, 3.63) is 29.6 Å². The summed E-state index contributed by atoms with van der Waals surface area (Å²) in [6, 6.07) is 5.50. The Balaban J connectivity index is 2.02. The van der Waals surface area contributed by atoms with E-state index in [0.717, 1.165) is 23.1 Å². The van der Waals surface area contributed by atoms with E-state index in [1.54, 1.807) is 6.07 Å². The van der Waals surface area contributed by atoms with Gasteiger partial charge in [-0.15, -0.1) is 0 Å². The summed E-state index contributed by atoms with van der Waals surface area (Å²) in [5.41, 5.74) is 2.09. The first-order chi connectivity index (χ1) is 8.56. The third kappa shape index (κ3) is 3.24. The summed E-state index contributed by atoms with van der Waals surface area (Å²) in [5.74, 6) is 1.41. The zero-order valence-corrected chi connectivity index (χ0v) is 11.7. The zero-order valence-electron chi connectivity index (χ0n) is 11.7. The molecule has 0 saturated heterocycles. The smallest absolute Gasteiger partial charge is 0.125 e. The van der Waals surface area contributed by atoms with Crippen LogP contribution in [0.5, 0.6) is 0 Å². The second-order valence-corrected chi connectivity index (χ2v) is 5.97. The van der Waals surface area contributed by atoms with E-state index in [0.29, 0.717) is 6.04 Å². The number of hydrogen-bond acceptors (Lipinski definition) is 1. The highest BCUT2D eigenvalue weighted by Gasteiger charge is 2.24. The molecule has 0 radical (unpaired) electrons. The molecule has 2 atom stereocenters. The fourth-order valence-electron chi connectivity index (χ4n) is 2.93. The van der Waals surface area contributed by atoms with Gasteiger partial charge in [0.05, 0.1) is 0 Å². The number of benzene rings is 1. The fraction of sp³-hybridized carbons (Fsp3) is 0.625. The van der Waals surface area contributed by atoms with Crippen LogP contribution in [0.2, 0.25) is 0 Å². The highest BCUT2D eigenvalue weighted by atomic mass is 19.1. The second-order valence-electron chi connectivity index (χ2n) is 5.97. The SMILES string of the molecule is Cc1ccc(F)cc1NC1CCCC(C(C)C)C1. The molecule has 1 aromatic carbocycles. The summed E-state index contributed by atoms with van der Waals surface area (Å²) in [4.78, 5) is 0. The average Bonchev–Trinajstić information content (AvgIpc) is 2.34. The maximum Gasteiger partial charge on any atom is 0.125 e. The Morgan fingerprint density at radius 3 is 2.78 bits per heavy atom. The van der Waals surface area contributed by atoms with Gasteiger partial charge in [0.15, 0.2) is 0 Å². The second kappa shape index (κ2) is 5.73. The van der Waals surface area contributed by atoms with Gasteiger partial charge in [-0.3, -0.25) is 0 Å². The van der Waals surface area contributed by atoms with Gasteiger partial charge in [-0.2, -0.15) is 0 Å². The monoisotopic (exact) mass is 249 g/mol. The summed E-state index contributed by atoms with van der Waals surface area (Å²) in [6.07, 6.45) is 5.06. The van der Waals surface area contributed by atoms with E-state index in [4.69, 9.17) is 0 Å². The molecule has 0 amide bonds. The van der Waals surface area contributed by atoms with E-state index in [1.165, 1.54) is 31.7 Å². The van der Waals surface area contributed by atoms with Crippen LogP contribution >= 0.6 is 0 Å². The van der Waals surface area contributed by atoms with Crippen LogP contribution in [0.15, 0.2) is 18.2 Å². The van der Waals surface area contributed by atoms with Gasteiger partial charge in [0.25, 0.3) is 0 Å². The molecule has 2 heteroatoms. The van der Waals surface area contributed by atoms with Gasteiger partial charge in [-0.1, -0.05) is 32.8 Å². The number of hydrogen-bond donors (Lipinski definition) is 1. The molecule has 1 fully saturated rings. The van der Waals surface area contributed by atoms with E-state index in [-0.39, 0.29) is 5.82 Å². The molecule has 0 bridgehead atoms. The van der Waals surface area contributed by atoms with Crippen molar-refractivity contribution in [1.29, 1.82) is 0 Å². The summed E-state index contributed by atoms with van der Waals surface area (Å²) >= 11 is 0. The van der Waals surface area contributed by atoms with Crippen LogP contribution in [0.4, 0.5) is 10.1 Å². The number of nitrogens with one attached hydrogen (secondary N) is 1. The van der Waals surface area contributed by atoms with Crippen molar-refractivity contribution in [2.24, 2.45) is 11.8 Å². The highest BCUT2D eigenvalue weighted by Crippen LogP contribution is 2.32. The quantitative estimate of drug-likeness (QED) is 0.814. The molecule has 0 spiro atoms. The predicted molar refractivity (Wildman–Crippen MR) is 75.3 cm³/mol. The largest absolute Gasteiger partial charge is 0.382 e. The average molecular weight is 249 g/mol. The van der Waals surface area contributed by atoms with Gasteiger partial charge in [-0.05, 0) is 49.3 Å². The van der Waals surface area contributed by atoms with Crippen LogP contribution in [-0.2, 0) is 0 Å². The first-order valence-electron chi connectivity index (χ1n) is 7.09. The number of halogens is 1. The lowest BCUT2D eigenvalue weighted by Gasteiger charge is -2.33. The van der Waals surface area contributed by atoms with Crippen LogP contribution in [0.3, 0.4) is 0 Å². The zero-order chi connectivity index (χ0) is 13.1. The van der Waals surface area contributed by atoms with Crippen LogP contribution in [0.1, 0.15) is 45.1 Å². The minimum absolute atomic E-state index is 0.153. The Hall–Kier alpha value is -1.05. The minimum atomic E-state index is -0.153. The number of aryl methyl sites for hydroxylation is 1. The Kier molecular flexibility index (Phi) is 4.26. The molecule has 1 aliphatic carbocycles. The van der Waals surface area contributed by atoms with Crippen molar-refractivity contribution < 1.29 is 4.39 Å². The van der Waals surface area contributed by atoms with Crippen LogP contribution in [0, 0.1) is 24.6 Å². The molecule has 100 valence electrons. The fourth-order valence-corrected chi connectivity index (χ4v) is 2.93. The molecule has 2 rings (SSSR count). The van der Waals surface area contributed by atoms with Crippen molar-refractivity contribution >= 4 is 5.69 Å². The van der Waals surface area contributed by atoms with Gasteiger partial charge in [0, 0.05) is 11.7 Å². The molecule has 1 nitrogen and oxygen atoms in total. The summed E-state index contributed by atoms with van der Waals surface area (Å²) in [6.45, 7) is 6.64. The third-order valence-electron chi connectivity index (χ3n) is 4.22. The summed E-state index contributed by atoms with van der Waals surface area (Å²) < 4.78 is 13.3. The van der Waals surface area contributed by atoms with Crippen molar-refractivity contribution in [1.82, 2.24) is 0 Å². The molecular formula is C16H24FN. The van der Waals surface area contributed by atoms with Crippen molar-refractivity contribution in [2.45, 2.75) is 52.5 Å². The number of anilines is 1. The molecule has 1 saturated carbocycles. The van der Waals surface area contributed by atoms with E-state index < -0.39 is 0 Å². The van der Waals surface area contributed by atoms with E-state index in [9.17, 15) is 4.39 Å². The maximum atomic E-state index is 13.3. The van der Waals surface area contributed by atoms with Crippen LogP contribution < -0.4 is 5.32 Å². The van der Waals surface area contributed by atoms with Crippen LogP contribution in [-0.4, -0.2) is 6.04 Å². The lowest BCUT2D eigenvalue weighted by molar-refractivity contribution is 0.264. The van der Waals surface area contributed by atoms with Gasteiger partial charge >= 0.3 is 0 Å². The molecule has 1 N–H and O–H groups in total. The minimum Gasteiger partial charge on any atom is -0.382 e. The molecule has 1 aromatic rings. The van der Waals surface area contributed by atoms with Gasteiger partial charge in [-0.25, -0.2) is 4.39 Å². The lowest BCUT2D eigenvalue weighted by Crippen LogP contribution is -2.29. The van der Waals surface area contributed by atoms with E-state index in [2.05, 4.69) is 19.2 Å². The van der Waals surface area contributed by atoms with E-state index in [1.807, 2.05) is 13.0 Å². The maximum absolute atomic E-state index is 13.3. The first kappa shape index (κ1) is 13.4. The highest BCUT2D eigenvalue weighted by molar-refractivity contribution is 5.51. The standard InChI is InChI=1S/C16H24FN/c1-11(2)13-5-4-6-15(9-13)18-16-10-14(17)8-7-12(16)3/h7-8,10-11,13,15,18H,4-6,9H2,1-3H3. The molecule has 0 aliphatic heterocycles. The van der Waals surface area contributed by atoms with E-state index >= 15 is 0 Å². The Bertz CT molecular complexity index is 400. The van der Waals surface area contributed by atoms with Gasteiger partial charge < -0.3 is 5.32 Å². The Morgan fingerprint density at radius 2 is 2.06 bits per heavy atom. The van der Waals surface area contributed by atoms with Gasteiger partial charge in [0.1, 0.15) is 5.82 Å². The summed E-state index contributed by atoms with van der Waals surface area (Å²) in [5, 5.41) is 3.53. The topological polar surface area (TPSA) is 12.0 Å².